The van der Waals surface area contributed by atoms with Gasteiger partial charge in [-0.15, -0.1) is 0 Å². The van der Waals surface area contributed by atoms with Crippen LogP contribution in [-0.2, 0) is 10.2 Å². The number of carbonyl (C=O) groups excluding carboxylic acids is 1. The van der Waals surface area contributed by atoms with Gasteiger partial charge in [0.05, 0.1) is 0 Å². The Labute approximate surface area is 138 Å². The fraction of sp³-hybridized carbons (Fsp3) is 0.350. The van der Waals surface area contributed by atoms with Gasteiger partial charge < -0.3 is 9.80 Å². The predicted octanol–water partition coefficient (Wildman–Crippen LogP) is 3.29. The maximum Gasteiger partial charge on any atom is 0.241 e. The number of para-hydroxylation sites is 1. The fourth-order valence-corrected chi connectivity index (χ4v) is 3.69. The fourth-order valence-electron chi connectivity index (χ4n) is 3.69. The third-order valence-electron chi connectivity index (χ3n) is 4.82. The van der Waals surface area contributed by atoms with Crippen molar-refractivity contribution in [1.29, 1.82) is 0 Å². The van der Waals surface area contributed by atoms with Crippen molar-refractivity contribution < 1.29 is 4.79 Å². The molecule has 23 heavy (non-hydrogen) atoms. The Morgan fingerprint density at radius 2 is 1.65 bits per heavy atom. The molecule has 3 rings (SSSR count). The van der Waals surface area contributed by atoms with E-state index in [9.17, 15) is 4.79 Å². The first-order valence-corrected chi connectivity index (χ1v) is 8.15. The lowest BCUT2D eigenvalue weighted by Gasteiger charge is -2.29. The molecule has 0 saturated carbocycles. The van der Waals surface area contributed by atoms with Crippen LogP contribution in [0.1, 0.15) is 24.0 Å². The first-order chi connectivity index (χ1) is 11.1. The van der Waals surface area contributed by atoms with Gasteiger partial charge in [-0.2, -0.15) is 0 Å². The second-order valence-electron chi connectivity index (χ2n) is 6.56. The van der Waals surface area contributed by atoms with Crippen molar-refractivity contribution in [1.82, 2.24) is 4.90 Å². The topological polar surface area (TPSA) is 23.6 Å². The molecule has 2 aromatic rings. The Kier molecular flexibility index (Phi) is 4.22. The Morgan fingerprint density at radius 1 is 1.00 bits per heavy atom. The zero-order valence-electron chi connectivity index (χ0n) is 14.1. The lowest BCUT2D eigenvalue weighted by atomic mass is 9.72. The molecule has 1 heterocycles. The Bertz CT molecular complexity index is 696. The van der Waals surface area contributed by atoms with Gasteiger partial charge in [-0.25, -0.2) is 0 Å². The van der Waals surface area contributed by atoms with Gasteiger partial charge in [-0.1, -0.05) is 48.5 Å². The zero-order chi connectivity index (χ0) is 16.4. The van der Waals surface area contributed by atoms with Gasteiger partial charge in [-0.3, -0.25) is 4.79 Å². The standard InChI is InChI=1S/C20H24N2O/c1-21(2)15-9-14-20(16-10-5-4-6-11-16)17-12-7-8-13-18(17)22(3)19(20)23/h4-8,10-13H,9,14-15H2,1-3H3. The Morgan fingerprint density at radius 3 is 2.35 bits per heavy atom. The van der Waals surface area contributed by atoms with E-state index in [0.717, 1.165) is 36.2 Å². The van der Waals surface area contributed by atoms with Crippen LogP contribution in [-0.4, -0.2) is 38.5 Å². The van der Waals surface area contributed by atoms with Crippen LogP contribution in [0.25, 0.3) is 0 Å². The summed E-state index contributed by atoms with van der Waals surface area (Å²) in [6.07, 6.45) is 1.81. The molecule has 1 unspecified atom stereocenters. The summed E-state index contributed by atoms with van der Waals surface area (Å²) >= 11 is 0. The summed E-state index contributed by atoms with van der Waals surface area (Å²) in [5.41, 5.74) is 2.71. The number of rotatable bonds is 5. The largest absolute Gasteiger partial charge is 0.314 e. The third kappa shape index (κ3) is 2.55. The molecule has 0 fully saturated rings. The maximum atomic E-state index is 13.3. The second kappa shape index (κ2) is 6.17. The van der Waals surface area contributed by atoms with Crippen LogP contribution >= 0.6 is 0 Å². The highest BCUT2D eigenvalue weighted by Crippen LogP contribution is 2.48. The molecule has 1 atom stereocenters. The highest BCUT2D eigenvalue weighted by atomic mass is 16.2. The van der Waals surface area contributed by atoms with Crippen molar-refractivity contribution in [2.45, 2.75) is 18.3 Å². The van der Waals surface area contributed by atoms with E-state index in [1.807, 2.05) is 48.3 Å². The molecule has 2 aromatic carbocycles. The summed E-state index contributed by atoms with van der Waals surface area (Å²) in [4.78, 5) is 17.3. The normalized spacial score (nSPS) is 20.2. The summed E-state index contributed by atoms with van der Waals surface area (Å²) < 4.78 is 0. The molecule has 0 N–H and O–H groups in total. The number of benzene rings is 2. The number of carbonyl (C=O) groups is 1. The molecule has 0 saturated heterocycles. The number of hydrogen-bond acceptors (Lipinski definition) is 2. The van der Waals surface area contributed by atoms with Crippen LogP contribution in [0.15, 0.2) is 54.6 Å². The molecular formula is C20H24N2O. The third-order valence-corrected chi connectivity index (χ3v) is 4.82. The van der Waals surface area contributed by atoms with E-state index in [1.165, 1.54) is 0 Å². The summed E-state index contributed by atoms with van der Waals surface area (Å²) in [5, 5.41) is 0. The minimum atomic E-state index is -0.553. The van der Waals surface area contributed by atoms with Crippen LogP contribution < -0.4 is 4.90 Å². The molecular weight excluding hydrogens is 284 g/mol. The minimum absolute atomic E-state index is 0.184. The lowest BCUT2D eigenvalue weighted by molar-refractivity contribution is -0.121. The summed E-state index contributed by atoms with van der Waals surface area (Å²) in [7, 11) is 6.04. The second-order valence-corrected chi connectivity index (χ2v) is 6.56. The van der Waals surface area contributed by atoms with Crippen LogP contribution in [0.3, 0.4) is 0 Å². The van der Waals surface area contributed by atoms with Gasteiger partial charge in [0.25, 0.3) is 0 Å². The van der Waals surface area contributed by atoms with Crippen LogP contribution in [0, 0.1) is 0 Å². The minimum Gasteiger partial charge on any atom is -0.314 e. The van der Waals surface area contributed by atoms with Crippen molar-refractivity contribution >= 4 is 11.6 Å². The van der Waals surface area contributed by atoms with E-state index >= 15 is 0 Å². The molecule has 3 heteroatoms. The van der Waals surface area contributed by atoms with Crippen molar-refractivity contribution in [2.75, 3.05) is 32.6 Å². The van der Waals surface area contributed by atoms with Crippen LogP contribution in [0.2, 0.25) is 0 Å². The van der Waals surface area contributed by atoms with E-state index < -0.39 is 5.41 Å². The molecule has 0 aliphatic carbocycles. The highest BCUT2D eigenvalue weighted by Gasteiger charge is 2.50. The zero-order valence-corrected chi connectivity index (χ0v) is 14.1. The maximum absolute atomic E-state index is 13.3. The van der Waals surface area contributed by atoms with Crippen molar-refractivity contribution in [3.05, 3.63) is 65.7 Å². The summed E-state index contributed by atoms with van der Waals surface area (Å²) in [6.45, 7) is 0.980. The first-order valence-electron chi connectivity index (χ1n) is 8.15. The average Bonchev–Trinajstić information content (AvgIpc) is 2.78. The van der Waals surface area contributed by atoms with Gasteiger partial charge in [0.1, 0.15) is 5.41 Å². The highest BCUT2D eigenvalue weighted by molar-refractivity contribution is 6.10. The molecule has 120 valence electrons. The molecule has 3 nitrogen and oxygen atoms in total. The van der Waals surface area contributed by atoms with Crippen molar-refractivity contribution in [3.8, 4) is 0 Å². The van der Waals surface area contributed by atoms with E-state index in [0.29, 0.717) is 0 Å². The van der Waals surface area contributed by atoms with Gasteiger partial charge in [0, 0.05) is 12.7 Å². The van der Waals surface area contributed by atoms with Crippen LogP contribution in [0.5, 0.6) is 0 Å². The molecule has 1 aliphatic rings. The van der Waals surface area contributed by atoms with Crippen LogP contribution in [0.4, 0.5) is 5.69 Å². The number of fused-ring (bicyclic) bond motifs is 1. The SMILES string of the molecule is CN(C)CCCC1(c2ccccc2)C(=O)N(C)c2ccccc21. The summed E-state index contributed by atoms with van der Waals surface area (Å²) in [5.74, 6) is 0.184. The Balaban J connectivity index is 2.11. The number of nitrogens with zero attached hydrogens (tertiary/aromatic N) is 2. The predicted molar refractivity (Wildman–Crippen MR) is 94.9 cm³/mol. The van der Waals surface area contributed by atoms with Gasteiger partial charge in [0.15, 0.2) is 0 Å². The quantitative estimate of drug-likeness (QED) is 0.846. The molecule has 0 aromatic heterocycles. The number of amides is 1. The van der Waals surface area contributed by atoms with E-state index in [-0.39, 0.29) is 5.91 Å². The average molecular weight is 308 g/mol. The van der Waals surface area contributed by atoms with Gasteiger partial charge in [0.2, 0.25) is 5.91 Å². The van der Waals surface area contributed by atoms with E-state index in [2.05, 4.69) is 37.2 Å². The monoisotopic (exact) mass is 308 g/mol. The van der Waals surface area contributed by atoms with Gasteiger partial charge >= 0.3 is 0 Å². The molecule has 0 bridgehead atoms. The number of anilines is 1. The molecule has 0 radical (unpaired) electrons. The molecule has 1 amide bonds. The molecule has 1 aliphatic heterocycles. The molecule has 0 spiro atoms. The lowest BCUT2D eigenvalue weighted by Crippen LogP contribution is -2.40. The summed E-state index contributed by atoms with van der Waals surface area (Å²) in [6, 6.07) is 18.4. The van der Waals surface area contributed by atoms with Crippen molar-refractivity contribution in [2.24, 2.45) is 0 Å². The first kappa shape index (κ1) is 15.8. The Hall–Kier alpha value is -2.13. The van der Waals surface area contributed by atoms with Crippen molar-refractivity contribution in [3.63, 3.8) is 0 Å². The van der Waals surface area contributed by atoms with Gasteiger partial charge in [-0.05, 0) is 50.7 Å². The smallest absolute Gasteiger partial charge is 0.241 e. The number of likely N-dealkylation sites (N-methyl/N-ethyl adjacent to an activating group) is 1. The number of hydrogen-bond donors (Lipinski definition) is 0. The van der Waals surface area contributed by atoms with E-state index in [1.54, 1.807) is 0 Å². The van der Waals surface area contributed by atoms with E-state index in [4.69, 9.17) is 0 Å².